The molecule has 0 aliphatic heterocycles. The van der Waals surface area contributed by atoms with Gasteiger partial charge in [0.25, 0.3) is 0 Å². The Morgan fingerprint density at radius 2 is 1.89 bits per heavy atom. The number of rotatable bonds is 5. The molecule has 2 aromatic heterocycles. The maximum absolute atomic E-state index is 4.65. The van der Waals surface area contributed by atoms with Gasteiger partial charge in [-0.05, 0) is 89.3 Å². The Kier molecular flexibility index (Phi) is 3.77. The van der Waals surface area contributed by atoms with Crippen LogP contribution in [0.2, 0.25) is 0 Å². The lowest BCUT2D eigenvalue weighted by Gasteiger charge is -2.62. The van der Waals surface area contributed by atoms with E-state index >= 15 is 0 Å². The molecule has 0 aromatic carbocycles. The molecule has 0 amide bonds. The molecule has 0 radical (unpaired) electrons. The summed E-state index contributed by atoms with van der Waals surface area (Å²) in [5.41, 5.74) is 2.61. The summed E-state index contributed by atoms with van der Waals surface area (Å²) in [7, 11) is 0. The molecule has 2 aromatic rings. The molecule has 7 nitrogen and oxygen atoms in total. The van der Waals surface area contributed by atoms with Crippen LogP contribution >= 0.6 is 0 Å². The summed E-state index contributed by atoms with van der Waals surface area (Å²) in [6, 6.07) is 2.55. The average molecular weight is 370 g/mol. The summed E-state index contributed by atoms with van der Waals surface area (Å²) in [6.07, 6.45) is 7.53. The van der Waals surface area contributed by atoms with Crippen molar-refractivity contribution in [1.29, 1.82) is 0 Å². The van der Waals surface area contributed by atoms with Gasteiger partial charge in [-0.1, -0.05) is 0 Å². The maximum atomic E-state index is 4.65. The monoisotopic (exact) mass is 369 g/mol. The molecule has 2 unspecified atom stereocenters. The van der Waals surface area contributed by atoms with Gasteiger partial charge in [-0.15, -0.1) is 10.2 Å². The number of aromatic nitrogens is 6. The molecule has 6 rings (SSSR count). The van der Waals surface area contributed by atoms with E-state index in [1.165, 1.54) is 37.8 Å². The molecule has 0 saturated heterocycles. The second-order valence-corrected chi connectivity index (χ2v) is 9.75. The van der Waals surface area contributed by atoms with Crippen LogP contribution in [0.25, 0.3) is 0 Å². The zero-order chi connectivity index (χ0) is 18.8. The second-order valence-electron chi connectivity index (χ2n) is 9.75. The molecule has 146 valence electrons. The highest BCUT2D eigenvalue weighted by Crippen LogP contribution is 2.60. The van der Waals surface area contributed by atoms with E-state index in [-0.39, 0.29) is 11.1 Å². The fourth-order valence-electron chi connectivity index (χ4n) is 6.79. The molecular weight excluding hydrogens is 338 g/mol. The molecule has 7 heteroatoms. The van der Waals surface area contributed by atoms with E-state index in [0.717, 1.165) is 36.3 Å². The van der Waals surface area contributed by atoms with E-state index in [0.29, 0.717) is 6.04 Å². The molecule has 27 heavy (non-hydrogen) atoms. The van der Waals surface area contributed by atoms with Crippen LogP contribution in [0.15, 0.2) is 6.07 Å². The Balaban J connectivity index is 1.38. The third-order valence-corrected chi connectivity index (χ3v) is 7.07. The van der Waals surface area contributed by atoms with Crippen molar-refractivity contribution >= 4 is 0 Å². The van der Waals surface area contributed by atoms with Crippen molar-refractivity contribution in [2.24, 2.45) is 11.8 Å². The number of tetrazole rings is 1. The van der Waals surface area contributed by atoms with Crippen LogP contribution in [0.4, 0.5) is 0 Å². The van der Waals surface area contributed by atoms with Crippen LogP contribution in [0.3, 0.4) is 0 Å². The molecule has 4 saturated carbocycles. The van der Waals surface area contributed by atoms with Gasteiger partial charge in [0.1, 0.15) is 0 Å². The smallest absolute Gasteiger partial charge is 0.171 e. The number of hydrogen-bond acceptors (Lipinski definition) is 5. The zero-order valence-electron chi connectivity index (χ0n) is 16.9. The standard InChI is InChI=1S/C20H31N7/c1-13-5-15(3)26(23-13)11-14(2)21-19-7-17-6-18(8-19)10-20(9-17,12-19)27-24-16(4)22-25-27/h5,14,17-18,21H,6-12H2,1-4H3/t14-,17-,18+,19?,20?/m1/s1. The zero-order valence-corrected chi connectivity index (χ0v) is 16.9. The third-order valence-electron chi connectivity index (χ3n) is 7.07. The fourth-order valence-corrected chi connectivity index (χ4v) is 6.79. The van der Waals surface area contributed by atoms with E-state index in [1.807, 2.05) is 11.7 Å². The van der Waals surface area contributed by atoms with Crippen LogP contribution < -0.4 is 5.32 Å². The van der Waals surface area contributed by atoms with Crippen LogP contribution in [-0.4, -0.2) is 41.6 Å². The molecular formula is C20H31N7. The Labute approximate surface area is 160 Å². The van der Waals surface area contributed by atoms with E-state index in [4.69, 9.17) is 0 Å². The molecule has 4 aliphatic carbocycles. The van der Waals surface area contributed by atoms with Gasteiger partial charge in [0, 0.05) is 17.3 Å². The second kappa shape index (κ2) is 5.87. The van der Waals surface area contributed by atoms with Crippen molar-refractivity contribution in [2.75, 3.05) is 0 Å². The molecule has 4 fully saturated rings. The first kappa shape index (κ1) is 17.3. The highest BCUT2D eigenvalue weighted by Gasteiger charge is 2.59. The van der Waals surface area contributed by atoms with Crippen molar-refractivity contribution in [3.8, 4) is 0 Å². The van der Waals surface area contributed by atoms with Gasteiger partial charge in [0.05, 0.1) is 17.8 Å². The first-order valence-electron chi connectivity index (χ1n) is 10.4. The normalized spacial score (nSPS) is 35.7. The highest BCUT2D eigenvalue weighted by atomic mass is 15.6. The molecule has 4 bridgehead atoms. The van der Waals surface area contributed by atoms with Gasteiger partial charge < -0.3 is 5.32 Å². The van der Waals surface area contributed by atoms with Crippen molar-refractivity contribution in [3.63, 3.8) is 0 Å². The summed E-state index contributed by atoms with van der Waals surface area (Å²) in [6.45, 7) is 9.38. The van der Waals surface area contributed by atoms with Crippen molar-refractivity contribution in [2.45, 2.75) is 89.9 Å². The lowest BCUT2D eigenvalue weighted by Crippen LogP contribution is -2.66. The first-order chi connectivity index (χ1) is 12.8. The largest absolute Gasteiger partial charge is 0.307 e. The first-order valence-corrected chi connectivity index (χ1v) is 10.4. The summed E-state index contributed by atoms with van der Waals surface area (Å²) in [5.74, 6) is 2.35. The lowest BCUT2D eigenvalue weighted by molar-refractivity contribution is -0.0882. The minimum Gasteiger partial charge on any atom is -0.307 e. The van der Waals surface area contributed by atoms with Gasteiger partial charge in [-0.2, -0.15) is 9.90 Å². The summed E-state index contributed by atoms with van der Waals surface area (Å²) in [4.78, 5) is 1.97. The minimum atomic E-state index is 0.0657. The summed E-state index contributed by atoms with van der Waals surface area (Å²) >= 11 is 0. The van der Waals surface area contributed by atoms with E-state index in [2.05, 4.69) is 57.3 Å². The number of aryl methyl sites for hydroxylation is 3. The fraction of sp³-hybridized carbons (Fsp3) is 0.800. The van der Waals surface area contributed by atoms with Gasteiger partial charge >= 0.3 is 0 Å². The Morgan fingerprint density at radius 3 is 2.48 bits per heavy atom. The molecule has 5 atom stereocenters. The van der Waals surface area contributed by atoms with Gasteiger partial charge in [-0.3, -0.25) is 4.68 Å². The van der Waals surface area contributed by atoms with Gasteiger partial charge in [-0.25, -0.2) is 0 Å². The van der Waals surface area contributed by atoms with Gasteiger partial charge in [0.2, 0.25) is 0 Å². The maximum Gasteiger partial charge on any atom is 0.171 e. The van der Waals surface area contributed by atoms with Crippen LogP contribution in [0.5, 0.6) is 0 Å². The SMILES string of the molecule is Cc1cc(C)n(C[C@@H](C)NC23C[C@H]4C[C@@H](C2)CC(n2nnc(C)n2)(C4)C3)n1. The highest BCUT2D eigenvalue weighted by molar-refractivity contribution is 5.14. The Hall–Kier alpha value is -1.76. The predicted molar refractivity (Wildman–Crippen MR) is 102 cm³/mol. The third kappa shape index (κ3) is 2.91. The van der Waals surface area contributed by atoms with Crippen LogP contribution in [-0.2, 0) is 12.1 Å². The van der Waals surface area contributed by atoms with Crippen LogP contribution in [0, 0.1) is 32.6 Å². The summed E-state index contributed by atoms with van der Waals surface area (Å²) < 4.78 is 2.14. The predicted octanol–water partition coefficient (Wildman–Crippen LogP) is 2.52. The lowest BCUT2D eigenvalue weighted by atomic mass is 9.50. The van der Waals surface area contributed by atoms with Crippen LogP contribution in [0.1, 0.15) is 62.7 Å². The number of hydrogen-bond donors (Lipinski definition) is 1. The molecule has 1 N–H and O–H groups in total. The number of nitrogens with zero attached hydrogens (tertiary/aromatic N) is 6. The quantitative estimate of drug-likeness (QED) is 0.877. The molecule has 2 heterocycles. The summed E-state index contributed by atoms with van der Waals surface area (Å²) in [5, 5.41) is 22.0. The number of nitrogens with one attached hydrogen (secondary N) is 1. The average Bonchev–Trinajstić information content (AvgIpc) is 3.11. The van der Waals surface area contributed by atoms with E-state index in [1.54, 1.807) is 0 Å². The van der Waals surface area contributed by atoms with Crippen molar-refractivity contribution < 1.29 is 0 Å². The topological polar surface area (TPSA) is 73.5 Å². The minimum absolute atomic E-state index is 0.0657. The molecule has 4 aliphatic rings. The molecule has 0 spiro atoms. The van der Waals surface area contributed by atoms with E-state index in [9.17, 15) is 0 Å². The Morgan fingerprint density at radius 1 is 1.15 bits per heavy atom. The van der Waals surface area contributed by atoms with Crippen molar-refractivity contribution in [1.82, 2.24) is 35.3 Å². The van der Waals surface area contributed by atoms with Crippen molar-refractivity contribution in [3.05, 3.63) is 23.3 Å². The van der Waals surface area contributed by atoms with Gasteiger partial charge in [0.15, 0.2) is 5.82 Å². The van der Waals surface area contributed by atoms with E-state index < -0.39 is 0 Å². The Bertz CT molecular complexity index is 836.